The zero-order chi connectivity index (χ0) is 20.3. The van der Waals surface area contributed by atoms with E-state index in [-0.39, 0.29) is 17.0 Å². The van der Waals surface area contributed by atoms with Gasteiger partial charge in [-0.15, -0.1) is 0 Å². The van der Waals surface area contributed by atoms with Crippen molar-refractivity contribution in [3.8, 4) is 11.4 Å². The highest BCUT2D eigenvalue weighted by atomic mass is 16.6. The fourth-order valence-corrected chi connectivity index (χ4v) is 2.85. The van der Waals surface area contributed by atoms with E-state index in [0.29, 0.717) is 5.56 Å². The number of hydrogen-bond donors (Lipinski definition) is 2. The number of nitro benzene ring substituents is 1. The van der Waals surface area contributed by atoms with Crippen LogP contribution in [0.3, 0.4) is 0 Å². The topological polar surface area (TPSA) is 110 Å². The average Bonchev–Trinajstić information content (AvgIpc) is 3.01. The first-order valence-corrected chi connectivity index (χ1v) is 8.43. The standard InChI is InChI=1S/C20H18N4O4/c1-13-6-7-14(2)23(13)17-5-3-4-15(10-17)20(26)22-21-12-16-11-18(24(27)28)8-9-19(16)25/h3-12,25H,1-2H3,(H,22,26)/b21-12-. The molecule has 3 aromatic rings. The molecule has 0 fully saturated rings. The van der Waals surface area contributed by atoms with Crippen molar-refractivity contribution in [1.29, 1.82) is 0 Å². The number of nitro groups is 1. The van der Waals surface area contributed by atoms with Crippen LogP contribution in [0.4, 0.5) is 5.69 Å². The van der Waals surface area contributed by atoms with Crippen molar-refractivity contribution < 1.29 is 14.8 Å². The number of non-ortho nitro benzene ring substituents is 1. The number of aryl methyl sites for hydroxylation is 2. The Morgan fingerprint density at radius 2 is 1.86 bits per heavy atom. The summed E-state index contributed by atoms with van der Waals surface area (Å²) >= 11 is 0. The van der Waals surface area contributed by atoms with E-state index in [1.165, 1.54) is 18.2 Å². The molecule has 142 valence electrons. The predicted molar refractivity (Wildman–Crippen MR) is 105 cm³/mol. The summed E-state index contributed by atoms with van der Waals surface area (Å²) in [7, 11) is 0. The Bertz CT molecular complexity index is 1070. The van der Waals surface area contributed by atoms with Gasteiger partial charge in [-0.2, -0.15) is 5.10 Å². The molecule has 0 spiro atoms. The summed E-state index contributed by atoms with van der Waals surface area (Å²) in [5.74, 6) is -0.616. The molecule has 0 radical (unpaired) electrons. The minimum absolute atomic E-state index is 0.127. The monoisotopic (exact) mass is 378 g/mol. The quantitative estimate of drug-likeness (QED) is 0.402. The highest BCUT2D eigenvalue weighted by Gasteiger charge is 2.10. The van der Waals surface area contributed by atoms with Crippen molar-refractivity contribution in [2.24, 2.45) is 5.10 Å². The number of nitrogens with one attached hydrogen (secondary N) is 1. The Morgan fingerprint density at radius 1 is 1.14 bits per heavy atom. The number of amides is 1. The lowest BCUT2D eigenvalue weighted by Gasteiger charge is -2.10. The molecule has 0 aliphatic carbocycles. The van der Waals surface area contributed by atoms with Gasteiger partial charge in [0.15, 0.2) is 0 Å². The normalized spacial score (nSPS) is 10.9. The Kier molecular flexibility index (Phi) is 5.21. The zero-order valence-corrected chi connectivity index (χ0v) is 15.3. The molecule has 0 bridgehead atoms. The SMILES string of the molecule is Cc1ccc(C)n1-c1cccc(C(=O)N/N=C\c2cc([N+](=O)[O-])ccc2O)c1. The molecule has 3 rings (SSSR count). The molecule has 0 aliphatic heterocycles. The maximum Gasteiger partial charge on any atom is 0.271 e. The first-order valence-electron chi connectivity index (χ1n) is 8.43. The lowest BCUT2D eigenvalue weighted by atomic mass is 10.2. The van der Waals surface area contributed by atoms with Gasteiger partial charge in [0.1, 0.15) is 5.75 Å². The Hall–Kier alpha value is -3.94. The number of phenolic OH excluding ortho intramolecular Hbond substituents is 1. The first-order chi connectivity index (χ1) is 13.4. The molecule has 1 heterocycles. The van der Waals surface area contributed by atoms with Gasteiger partial charge in [0.2, 0.25) is 0 Å². The number of nitrogens with zero attached hydrogens (tertiary/aromatic N) is 3. The smallest absolute Gasteiger partial charge is 0.271 e. The van der Waals surface area contributed by atoms with Crippen molar-refractivity contribution >= 4 is 17.8 Å². The lowest BCUT2D eigenvalue weighted by molar-refractivity contribution is -0.384. The third-order valence-corrected chi connectivity index (χ3v) is 4.23. The van der Waals surface area contributed by atoms with Gasteiger partial charge >= 0.3 is 0 Å². The van der Waals surface area contributed by atoms with Gasteiger partial charge < -0.3 is 9.67 Å². The van der Waals surface area contributed by atoms with E-state index in [4.69, 9.17) is 0 Å². The summed E-state index contributed by atoms with van der Waals surface area (Å²) in [4.78, 5) is 22.6. The molecule has 0 unspecified atom stereocenters. The van der Waals surface area contributed by atoms with E-state index in [1.807, 2.05) is 36.6 Å². The second-order valence-corrected chi connectivity index (χ2v) is 6.20. The third kappa shape index (κ3) is 3.90. The van der Waals surface area contributed by atoms with Gasteiger partial charge in [0, 0.05) is 40.3 Å². The predicted octanol–water partition coefficient (Wildman–Crippen LogP) is 3.47. The number of benzene rings is 2. The highest BCUT2D eigenvalue weighted by Crippen LogP contribution is 2.21. The summed E-state index contributed by atoms with van der Waals surface area (Å²) in [6.45, 7) is 3.96. The number of carbonyl (C=O) groups excluding carboxylic acids is 1. The molecule has 0 aliphatic rings. The minimum Gasteiger partial charge on any atom is -0.507 e. The van der Waals surface area contributed by atoms with Crippen LogP contribution in [0.2, 0.25) is 0 Å². The molecular weight excluding hydrogens is 360 g/mol. The van der Waals surface area contributed by atoms with Crippen LogP contribution in [-0.2, 0) is 0 Å². The van der Waals surface area contributed by atoms with Crippen molar-refractivity contribution in [2.45, 2.75) is 13.8 Å². The van der Waals surface area contributed by atoms with Crippen LogP contribution in [0.25, 0.3) is 5.69 Å². The van der Waals surface area contributed by atoms with E-state index in [9.17, 15) is 20.0 Å². The van der Waals surface area contributed by atoms with Crippen LogP contribution in [0, 0.1) is 24.0 Å². The maximum atomic E-state index is 12.4. The Labute approximate surface area is 160 Å². The van der Waals surface area contributed by atoms with Gasteiger partial charge in [-0.1, -0.05) is 6.07 Å². The number of aromatic nitrogens is 1. The van der Waals surface area contributed by atoms with Crippen LogP contribution in [0.1, 0.15) is 27.3 Å². The summed E-state index contributed by atoms with van der Waals surface area (Å²) in [6, 6.07) is 14.6. The second kappa shape index (κ2) is 7.75. The number of hydrogen-bond acceptors (Lipinski definition) is 5. The van der Waals surface area contributed by atoms with Gasteiger partial charge in [-0.3, -0.25) is 14.9 Å². The van der Waals surface area contributed by atoms with E-state index >= 15 is 0 Å². The molecule has 2 N–H and O–H groups in total. The van der Waals surface area contributed by atoms with E-state index in [0.717, 1.165) is 23.3 Å². The van der Waals surface area contributed by atoms with Gasteiger partial charge in [0.05, 0.1) is 11.1 Å². The lowest BCUT2D eigenvalue weighted by Crippen LogP contribution is -2.18. The first kappa shape index (κ1) is 18.8. The van der Waals surface area contributed by atoms with Crippen LogP contribution >= 0.6 is 0 Å². The van der Waals surface area contributed by atoms with Crippen LogP contribution in [0.5, 0.6) is 5.75 Å². The third-order valence-electron chi connectivity index (χ3n) is 4.23. The molecule has 8 heteroatoms. The molecule has 0 saturated heterocycles. The van der Waals surface area contributed by atoms with Gasteiger partial charge in [-0.05, 0) is 50.2 Å². The maximum absolute atomic E-state index is 12.4. The summed E-state index contributed by atoms with van der Waals surface area (Å²) < 4.78 is 2.03. The average molecular weight is 378 g/mol. The van der Waals surface area contributed by atoms with Crippen LogP contribution < -0.4 is 5.43 Å². The number of phenols is 1. The van der Waals surface area contributed by atoms with E-state index < -0.39 is 10.8 Å². The van der Waals surface area contributed by atoms with Crippen molar-refractivity contribution in [1.82, 2.24) is 9.99 Å². The minimum atomic E-state index is -0.577. The summed E-state index contributed by atoms with van der Waals surface area (Å²) in [6.07, 6.45) is 1.16. The van der Waals surface area contributed by atoms with E-state index in [2.05, 4.69) is 10.5 Å². The molecule has 28 heavy (non-hydrogen) atoms. The Balaban J connectivity index is 1.78. The number of carbonyl (C=O) groups is 1. The molecule has 1 amide bonds. The van der Waals surface area contributed by atoms with E-state index in [1.54, 1.807) is 18.2 Å². The van der Waals surface area contributed by atoms with Crippen molar-refractivity contribution in [3.63, 3.8) is 0 Å². The van der Waals surface area contributed by atoms with Gasteiger partial charge in [0.25, 0.3) is 11.6 Å². The summed E-state index contributed by atoms with van der Waals surface area (Å²) in [5.41, 5.74) is 5.67. The number of hydrazone groups is 1. The molecule has 8 nitrogen and oxygen atoms in total. The summed E-state index contributed by atoms with van der Waals surface area (Å²) in [5, 5.41) is 24.4. The Morgan fingerprint density at radius 3 is 2.54 bits per heavy atom. The second-order valence-electron chi connectivity index (χ2n) is 6.20. The van der Waals surface area contributed by atoms with Gasteiger partial charge in [-0.25, -0.2) is 5.43 Å². The number of rotatable bonds is 5. The van der Waals surface area contributed by atoms with Crippen LogP contribution in [-0.4, -0.2) is 26.7 Å². The largest absolute Gasteiger partial charge is 0.507 e. The van der Waals surface area contributed by atoms with Crippen molar-refractivity contribution in [2.75, 3.05) is 0 Å². The fourth-order valence-electron chi connectivity index (χ4n) is 2.85. The molecule has 2 aromatic carbocycles. The van der Waals surface area contributed by atoms with Crippen molar-refractivity contribution in [3.05, 3.63) is 87.2 Å². The zero-order valence-electron chi connectivity index (χ0n) is 15.3. The fraction of sp³-hybridized carbons (Fsp3) is 0.100. The molecule has 0 saturated carbocycles. The van der Waals surface area contributed by atoms with Crippen LogP contribution in [0.15, 0.2) is 59.7 Å². The molecule has 1 aromatic heterocycles. The molecular formula is C20H18N4O4. The highest BCUT2D eigenvalue weighted by molar-refractivity contribution is 5.95. The molecule has 0 atom stereocenters. The number of aromatic hydroxyl groups is 1.